The van der Waals surface area contributed by atoms with Crippen LogP contribution in [0, 0.1) is 5.82 Å². The zero-order chi connectivity index (χ0) is 14.0. The number of nitrogens with zero attached hydrogens (tertiary/aromatic N) is 1. The smallest absolute Gasteiger partial charge is 0.243 e. The van der Waals surface area contributed by atoms with Crippen molar-refractivity contribution in [1.82, 2.24) is 4.31 Å². The summed E-state index contributed by atoms with van der Waals surface area (Å²) in [5.41, 5.74) is 6.00. The molecule has 106 valence electrons. The van der Waals surface area contributed by atoms with Gasteiger partial charge in [-0.05, 0) is 30.5 Å². The van der Waals surface area contributed by atoms with Crippen molar-refractivity contribution in [2.75, 3.05) is 7.05 Å². The van der Waals surface area contributed by atoms with Crippen LogP contribution < -0.4 is 5.73 Å². The molecule has 4 nitrogen and oxygen atoms in total. The van der Waals surface area contributed by atoms with Crippen molar-refractivity contribution in [3.63, 3.8) is 0 Å². The number of sulfonamides is 1. The van der Waals surface area contributed by atoms with Crippen LogP contribution in [0.5, 0.6) is 0 Å². The van der Waals surface area contributed by atoms with Gasteiger partial charge in [0.15, 0.2) is 0 Å². The average molecular weight is 286 g/mol. The zero-order valence-electron chi connectivity index (χ0n) is 11.0. The van der Waals surface area contributed by atoms with Gasteiger partial charge in [-0.3, -0.25) is 0 Å². The van der Waals surface area contributed by atoms with Crippen LogP contribution in [-0.4, -0.2) is 25.8 Å². The van der Waals surface area contributed by atoms with Gasteiger partial charge in [0.05, 0.1) is 4.90 Å². The predicted octanol–water partition coefficient (Wildman–Crippen LogP) is 1.85. The third kappa shape index (κ3) is 2.80. The summed E-state index contributed by atoms with van der Waals surface area (Å²) in [7, 11) is -2.11. The molecule has 0 unspecified atom stereocenters. The van der Waals surface area contributed by atoms with Crippen molar-refractivity contribution in [3.05, 3.63) is 29.6 Å². The van der Waals surface area contributed by atoms with Crippen LogP contribution in [0.25, 0.3) is 0 Å². The van der Waals surface area contributed by atoms with Gasteiger partial charge in [0.1, 0.15) is 5.82 Å². The molecular weight excluding hydrogens is 267 g/mol. The van der Waals surface area contributed by atoms with Crippen LogP contribution >= 0.6 is 0 Å². The second-order valence-corrected chi connectivity index (χ2v) is 6.88. The Labute approximate surface area is 113 Å². The standard InChI is InChI=1S/C13H19FN2O2S/c1-16(12-4-2-3-5-12)19(17,18)13-8-11(14)7-6-10(13)9-15/h6-8,12H,2-5,9,15H2,1H3. The SMILES string of the molecule is CN(C1CCCC1)S(=O)(=O)c1cc(F)ccc1CN. The number of hydrogen-bond donors (Lipinski definition) is 1. The van der Waals surface area contributed by atoms with Crippen molar-refractivity contribution in [3.8, 4) is 0 Å². The molecule has 19 heavy (non-hydrogen) atoms. The maximum atomic E-state index is 13.3. The van der Waals surface area contributed by atoms with Crippen molar-refractivity contribution < 1.29 is 12.8 Å². The molecule has 0 heterocycles. The molecule has 0 aliphatic heterocycles. The van der Waals surface area contributed by atoms with Gasteiger partial charge in [-0.15, -0.1) is 0 Å². The molecule has 0 saturated heterocycles. The van der Waals surface area contributed by atoms with Crippen molar-refractivity contribution in [2.45, 2.75) is 43.2 Å². The Morgan fingerprint density at radius 3 is 2.58 bits per heavy atom. The molecule has 1 aliphatic carbocycles. The van der Waals surface area contributed by atoms with E-state index in [1.54, 1.807) is 7.05 Å². The lowest BCUT2D eigenvalue weighted by atomic mass is 10.2. The highest BCUT2D eigenvalue weighted by atomic mass is 32.2. The van der Waals surface area contributed by atoms with Gasteiger partial charge < -0.3 is 5.73 Å². The average Bonchev–Trinajstić information content (AvgIpc) is 2.91. The summed E-state index contributed by atoms with van der Waals surface area (Å²) in [6.07, 6.45) is 3.81. The molecule has 0 bridgehead atoms. The van der Waals surface area contributed by atoms with E-state index in [0.29, 0.717) is 5.56 Å². The van der Waals surface area contributed by atoms with Crippen molar-refractivity contribution >= 4 is 10.0 Å². The van der Waals surface area contributed by atoms with Crippen LogP contribution in [0.2, 0.25) is 0 Å². The maximum absolute atomic E-state index is 13.3. The van der Waals surface area contributed by atoms with E-state index in [2.05, 4.69) is 0 Å². The largest absolute Gasteiger partial charge is 0.326 e. The second kappa shape index (κ2) is 5.56. The maximum Gasteiger partial charge on any atom is 0.243 e. The van der Waals surface area contributed by atoms with Crippen LogP contribution in [0.15, 0.2) is 23.1 Å². The molecule has 0 spiro atoms. The number of nitrogens with two attached hydrogens (primary N) is 1. The minimum absolute atomic E-state index is 0.00981. The number of rotatable bonds is 4. The molecule has 2 rings (SSSR count). The summed E-state index contributed by atoms with van der Waals surface area (Å²) in [5, 5.41) is 0. The summed E-state index contributed by atoms with van der Waals surface area (Å²) < 4.78 is 39.8. The molecule has 1 saturated carbocycles. The van der Waals surface area contributed by atoms with Gasteiger partial charge in [0, 0.05) is 19.6 Å². The van der Waals surface area contributed by atoms with E-state index < -0.39 is 15.8 Å². The topological polar surface area (TPSA) is 63.4 Å². The third-order valence-corrected chi connectivity index (χ3v) is 5.74. The van der Waals surface area contributed by atoms with E-state index in [1.807, 2.05) is 0 Å². The Kier molecular flexibility index (Phi) is 4.23. The Balaban J connectivity index is 2.40. The summed E-state index contributed by atoms with van der Waals surface area (Å²) >= 11 is 0. The first-order valence-electron chi connectivity index (χ1n) is 6.43. The molecule has 1 fully saturated rings. The summed E-state index contributed by atoms with van der Waals surface area (Å²) in [6.45, 7) is 0.0767. The van der Waals surface area contributed by atoms with Crippen LogP contribution in [0.4, 0.5) is 4.39 Å². The fraction of sp³-hybridized carbons (Fsp3) is 0.538. The van der Waals surface area contributed by atoms with Crippen molar-refractivity contribution in [2.24, 2.45) is 5.73 Å². The molecular formula is C13H19FN2O2S. The highest BCUT2D eigenvalue weighted by Gasteiger charge is 2.31. The molecule has 6 heteroatoms. The van der Waals surface area contributed by atoms with Crippen LogP contribution in [-0.2, 0) is 16.6 Å². The Morgan fingerprint density at radius 1 is 1.37 bits per heavy atom. The zero-order valence-corrected chi connectivity index (χ0v) is 11.8. The molecule has 0 amide bonds. The van der Waals surface area contributed by atoms with E-state index >= 15 is 0 Å². The number of halogens is 1. The molecule has 1 aliphatic rings. The van der Waals surface area contributed by atoms with Gasteiger partial charge in [-0.2, -0.15) is 4.31 Å². The van der Waals surface area contributed by atoms with Gasteiger partial charge in [-0.25, -0.2) is 12.8 Å². The van der Waals surface area contributed by atoms with E-state index in [4.69, 9.17) is 5.73 Å². The minimum atomic E-state index is -3.67. The Morgan fingerprint density at radius 2 is 2.00 bits per heavy atom. The first kappa shape index (κ1) is 14.4. The second-order valence-electron chi connectivity index (χ2n) is 4.92. The van der Waals surface area contributed by atoms with Gasteiger partial charge in [0.25, 0.3) is 0 Å². The molecule has 2 N–H and O–H groups in total. The fourth-order valence-electron chi connectivity index (χ4n) is 2.56. The van der Waals surface area contributed by atoms with Crippen molar-refractivity contribution in [1.29, 1.82) is 0 Å². The van der Waals surface area contributed by atoms with E-state index in [9.17, 15) is 12.8 Å². The first-order chi connectivity index (χ1) is 8.96. The summed E-state index contributed by atoms with van der Waals surface area (Å²) in [5.74, 6) is -0.560. The van der Waals surface area contributed by atoms with E-state index in [0.717, 1.165) is 31.7 Å². The molecule has 0 radical (unpaired) electrons. The molecule has 1 aromatic carbocycles. The fourth-order valence-corrected chi connectivity index (χ4v) is 4.21. The quantitative estimate of drug-likeness (QED) is 0.918. The Bertz CT molecular complexity index is 554. The van der Waals surface area contributed by atoms with Crippen LogP contribution in [0.1, 0.15) is 31.2 Å². The highest BCUT2D eigenvalue weighted by Crippen LogP contribution is 2.28. The van der Waals surface area contributed by atoms with E-state index in [-0.39, 0.29) is 17.5 Å². The molecule has 0 atom stereocenters. The molecule has 0 aromatic heterocycles. The highest BCUT2D eigenvalue weighted by molar-refractivity contribution is 7.89. The van der Waals surface area contributed by atoms with Gasteiger partial charge in [-0.1, -0.05) is 18.9 Å². The number of benzene rings is 1. The molecule has 1 aromatic rings. The third-order valence-electron chi connectivity index (χ3n) is 3.75. The number of hydrogen-bond acceptors (Lipinski definition) is 3. The lowest BCUT2D eigenvalue weighted by molar-refractivity contribution is 0.372. The minimum Gasteiger partial charge on any atom is -0.326 e. The normalized spacial score (nSPS) is 17.3. The van der Waals surface area contributed by atoms with E-state index in [1.165, 1.54) is 16.4 Å². The van der Waals surface area contributed by atoms with Gasteiger partial charge >= 0.3 is 0 Å². The summed E-state index contributed by atoms with van der Waals surface area (Å²) in [6, 6.07) is 3.74. The predicted molar refractivity (Wildman–Crippen MR) is 71.5 cm³/mol. The van der Waals surface area contributed by atoms with Gasteiger partial charge in [0.2, 0.25) is 10.0 Å². The summed E-state index contributed by atoms with van der Waals surface area (Å²) in [4.78, 5) is -0.00981. The monoisotopic (exact) mass is 286 g/mol. The Hall–Kier alpha value is -0.980. The first-order valence-corrected chi connectivity index (χ1v) is 7.87. The lowest BCUT2D eigenvalue weighted by Gasteiger charge is -2.24. The van der Waals surface area contributed by atoms with Crippen LogP contribution in [0.3, 0.4) is 0 Å². The lowest BCUT2D eigenvalue weighted by Crippen LogP contribution is -2.35.